The van der Waals surface area contributed by atoms with Gasteiger partial charge in [-0.3, -0.25) is 4.79 Å². The van der Waals surface area contributed by atoms with Crippen LogP contribution in [0.3, 0.4) is 0 Å². The minimum absolute atomic E-state index is 0.113. The van der Waals surface area contributed by atoms with Crippen molar-refractivity contribution in [3.8, 4) is 0 Å². The molecule has 9 unspecified atom stereocenters. The summed E-state index contributed by atoms with van der Waals surface area (Å²) >= 11 is 0. The van der Waals surface area contributed by atoms with E-state index in [0.29, 0.717) is 5.92 Å². The number of fused-ring (bicyclic) bond motifs is 2. The predicted molar refractivity (Wildman–Crippen MR) is 75.7 cm³/mol. The van der Waals surface area contributed by atoms with Crippen LogP contribution in [0.4, 0.5) is 0 Å². The maximum atomic E-state index is 12.4. The lowest BCUT2D eigenvalue weighted by atomic mass is 9.43. The maximum absolute atomic E-state index is 12.4. The van der Waals surface area contributed by atoms with Crippen LogP contribution >= 0.6 is 0 Å². The van der Waals surface area contributed by atoms with Crippen molar-refractivity contribution in [2.75, 3.05) is 7.11 Å². The zero-order valence-electron chi connectivity index (χ0n) is 12.5. The van der Waals surface area contributed by atoms with Gasteiger partial charge in [-0.05, 0) is 85.9 Å². The molecule has 0 aromatic carbocycles. The molecule has 0 heterocycles. The van der Waals surface area contributed by atoms with Crippen molar-refractivity contribution >= 4 is 5.97 Å². The topological polar surface area (TPSA) is 26.3 Å². The molecule has 20 heavy (non-hydrogen) atoms. The van der Waals surface area contributed by atoms with Gasteiger partial charge in [0.05, 0.1) is 13.0 Å². The van der Waals surface area contributed by atoms with Crippen LogP contribution in [0.25, 0.3) is 0 Å². The van der Waals surface area contributed by atoms with E-state index in [0.717, 1.165) is 47.8 Å². The molecule has 5 fully saturated rings. The quantitative estimate of drug-likeness (QED) is 0.684. The summed E-state index contributed by atoms with van der Waals surface area (Å²) in [5.41, 5.74) is 0. The van der Waals surface area contributed by atoms with E-state index in [1.165, 1.54) is 38.5 Å². The lowest BCUT2D eigenvalue weighted by Gasteiger charge is -2.62. The highest BCUT2D eigenvalue weighted by molar-refractivity contribution is 5.73. The Morgan fingerprint density at radius 3 is 2.40 bits per heavy atom. The van der Waals surface area contributed by atoms with Crippen molar-refractivity contribution in [2.24, 2.45) is 53.3 Å². The van der Waals surface area contributed by atoms with Crippen molar-refractivity contribution < 1.29 is 9.53 Å². The van der Waals surface area contributed by atoms with E-state index in [1.54, 1.807) is 7.11 Å². The van der Waals surface area contributed by atoms with Gasteiger partial charge < -0.3 is 4.74 Å². The van der Waals surface area contributed by atoms with Gasteiger partial charge in [-0.15, -0.1) is 0 Å². The highest BCUT2D eigenvalue weighted by atomic mass is 16.5. The molecule has 110 valence electrons. The van der Waals surface area contributed by atoms with E-state index in [4.69, 9.17) is 4.74 Å². The van der Waals surface area contributed by atoms with Crippen molar-refractivity contribution in [1.82, 2.24) is 0 Å². The molecule has 5 saturated carbocycles. The minimum atomic E-state index is 0.113. The van der Waals surface area contributed by atoms with Crippen molar-refractivity contribution in [3.63, 3.8) is 0 Å². The lowest BCUT2D eigenvalue weighted by molar-refractivity contribution is -0.160. The Morgan fingerprint density at radius 1 is 0.850 bits per heavy atom. The molecule has 0 spiro atoms. The fourth-order valence-electron chi connectivity index (χ4n) is 7.63. The lowest BCUT2D eigenvalue weighted by Crippen LogP contribution is -2.57. The van der Waals surface area contributed by atoms with Crippen LogP contribution in [0.5, 0.6) is 0 Å². The zero-order chi connectivity index (χ0) is 13.4. The Hall–Kier alpha value is -0.530. The van der Waals surface area contributed by atoms with Crippen LogP contribution in [-0.2, 0) is 9.53 Å². The SMILES string of the molecule is COC(=O)C1CC2CC3CCC4CC1C1C(C2)C3C1C4. The first-order chi connectivity index (χ1) is 9.76. The average Bonchev–Trinajstić information content (AvgIpc) is 2.62. The molecule has 0 aromatic rings. The van der Waals surface area contributed by atoms with Crippen molar-refractivity contribution in [3.05, 3.63) is 0 Å². The van der Waals surface area contributed by atoms with Gasteiger partial charge in [0.1, 0.15) is 0 Å². The molecule has 2 nitrogen and oxygen atoms in total. The third kappa shape index (κ3) is 1.39. The fraction of sp³-hybridized carbons (Fsp3) is 0.944. The summed E-state index contributed by atoms with van der Waals surface area (Å²) in [7, 11) is 1.59. The Labute approximate surface area is 121 Å². The number of carbonyl (C=O) groups is 1. The van der Waals surface area contributed by atoms with Crippen LogP contribution in [0.1, 0.15) is 44.9 Å². The Morgan fingerprint density at radius 2 is 1.60 bits per heavy atom. The van der Waals surface area contributed by atoms with Crippen molar-refractivity contribution in [1.29, 1.82) is 0 Å². The molecular weight excluding hydrogens is 248 g/mol. The van der Waals surface area contributed by atoms with Gasteiger partial charge in [-0.2, -0.15) is 0 Å². The first-order valence-corrected chi connectivity index (χ1v) is 8.84. The normalized spacial score (nSPS) is 58.5. The Balaban J connectivity index is 1.59. The second-order valence-corrected chi connectivity index (χ2v) is 8.52. The van der Waals surface area contributed by atoms with Crippen LogP contribution in [-0.4, -0.2) is 13.1 Å². The second-order valence-electron chi connectivity index (χ2n) is 8.52. The molecule has 0 aromatic heterocycles. The molecule has 0 amide bonds. The third-order valence-corrected chi connectivity index (χ3v) is 8.02. The molecule has 0 saturated heterocycles. The molecule has 5 aliphatic rings. The molecule has 0 N–H and O–H groups in total. The van der Waals surface area contributed by atoms with E-state index < -0.39 is 0 Å². The number of ether oxygens (including phenoxy) is 1. The summed E-state index contributed by atoms with van der Waals surface area (Å²) in [6.07, 6.45) is 9.80. The molecule has 5 rings (SSSR count). The second kappa shape index (κ2) is 4.01. The van der Waals surface area contributed by atoms with E-state index in [2.05, 4.69) is 0 Å². The largest absolute Gasteiger partial charge is 0.469 e. The molecule has 0 aliphatic heterocycles. The van der Waals surface area contributed by atoms with Gasteiger partial charge >= 0.3 is 5.97 Å². The van der Waals surface area contributed by atoms with E-state index in [-0.39, 0.29) is 11.9 Å². The summed E-state index contributed by atoms with van der Waals surface area (Å²) in [6.45, 7) is 0. The van der Waals surface area contributed by atoms with Crippen LogP contribution in [0.2, 0.25) is 0 Å². The van der Waals surface area contributed by atoms with E-state index in [9.17, 15) is 4.79 Å². The first kappa shape index (κ1) is 12.1. The van der Waals surface area contributed by atoms with Crippen LogP contribution < -0.4 is 0 Å². The number of hydrogen-bond acceptors (Lipinski definition) is 2. The third-order valence-electron chi connectivity index (χ3n) is 8.02. The summed E-state index contributed by atoms with van der Waals surface area (Å²) in [5.74, 6) is 7.72. The molecule has 5 aliphatic carbocycles. The standard InChI is InChI=1S/C18H26O2/c1-20-18(19)13-7-10-4-11-3-2-9-5-12(13)17-14(6-9)16(11)15(17)8-10/h9-17H,2-8H2,1H3. The number of carbonyl (C=O) groups excluding carboxylic acids is 1. The minimum Gasteiger partial charge on any atom is -0.469 e. The molecule has 2 heteroatoms. The smallest absolute Gasteiger partial charge is 0.308 e. The number of methoxy groups -OCH3 is 1. The van der Waals surface area contributed by atoms with Gasteiger partial charge in [0.2, 0.25) is 0 Å². The van der Waals surface area contributed by atoms with Crippen molar-refractivity contribution in [2.45, 2.75) is 44.9 Å². The van der Waals surface area contributed by atoms with E-state index in [1.807, 2.05) is 0 Å². The van der Waals surface area contributed by atoms with Gasteiger partial charge in [0.15, 0.2) is 0 Å². The molecule has 9 atom stereocenters. The molecular formula is C18H26O2. The summed E-state index contributed by atoms with van der Waals surface area (Å²) < 4.78 is 5.19. The Bertz CT molecular complexity index is 439. The maximum Gasteiger partial charge on any atom is 0.308 e. The van der Waals surface area contributed by atoms with Gasteiger partial charge in [0, 0.05) is 0 Å². The molecule has 4 bridgehead atoms. The highest BCUT2D eigenvalue weighted by Crippen LogP contribution is 2.70. The highest BCUT2D eigenvalue weighted by Gasteiger charge is 2.64. The predicted octanol–water partition coefficient (Wildman–Crippen LogP) is 3.50. The fourth-order valence-corrected chi connectivity index (χ4v) is 7.63. The Kier molecular flexibility index (Phi) is 2.42. The van der Waals surface area contributed by atoms with Crippen LogP contribution in [0.15, 0.2) is 0 Å². The average molecular weight is 274 g/mol. The number of rotatable bonds is 1. The van der Waals surface area contributed by atoms with Gasteiger partial charge in [-0.1, -0.05) is 6.42 Å². The van der Waals surface area contributed by atoms with Gasteiger partial charge in [-0.25, -0.2) is 0 Å². The summed E-state index contributed by atoms with van der Waals surface area (Å²) in [6, 6.07) is 0. The summed E-state index contributed by atoms with van der Waals surface area (Å²) in [5, 5.41) is 0. The summed E-state index contributed by atoms with van der Waals surface area (Å²) in [4.78, 5) is 12.4. The molecule has 0 radical (unpaired) electrons. The monoisotopic (exact) mass is 274 g/mol. The number of hydrogen-bond donors (Lipinski definition) is 0. The van der Waals surface area contributed by atoms with Gasteiger partial charge in [0.25, 0.3) is 0 Å². The zero-order valence-corrected chi connectivity index (χ0v) is 12.5. The van der Waals surface area contributed by atoms with Crippen LogP contribution in [0, 0.1) is 53.3 Å². The first-order valence-electron chi connectivity index (χ1n) is 8.84. The number of esters is 1. The van der Waals surface area contributed by atoms with E-state index >= 15 is 0 Å².